The van der Waals surface area contributed by atoms with Crippen molar-refractivity contribution in [3.05, 3.63) is 82.8 Å². The summed E-state index contributed by atoms with van der Waals surface area (Å²) in [6.07, 6.45) is 5.45. The summed E-state index contributed by atoms with van der Waals surface area (Å²) in [6, 6.07) is 15.0. The van der Waals surface area contributed by atoms with Crippen molar-refractivity contribution >= 4 is 24.0 Å². The summed E-state index contributed by atoms with van der Waals surface area (Å²) in [4.78, 5) is 41.1. The number of carboxylic acids is 1. The first-order valence-corrected chi connectivity index (χ1v) is 15.2. The molecule has 1 saturated carbocycles. The average Bonchev–Trinajstić information content (AvgIpc) is 3.70. The first kappa shape index (κ1) is 31.0. The molecule has 1 N–H and O–H groups in total. The number of hydrogen-bond donors (Lipinski definition) is 1. The van der Waals surface area contributed by atoms with Gasteiger partial charge in [0.25, 0.3) is 0 Å². The van der Waals surface area contributed by atoms with E-state index in [1.54, 1.807) is 18.2 Å². The lowest BCUT2D eigenvalue weighted by atomic mass is 9.95. The molecule has 3 aromatic rings. The van der Waals surface area contributed by atoms with Gasteiger partial charge in [-0.15, -0.1) is 0 Å². The Labute approximate surface area is 258 Å². The maximum Gasteiger partial charge on any atom is 0.410 e. The largest absolute Gasteiger partial charge is 0.478 e. The third-order valence-electron chi connectivity index (χ3n) is 8.40. The van der Waals surface area contributed by atoms with Crippen LogP contribution in [0.2, 0.25) is 0 Å². The van der Waals surface area contributed by atoms with Gasteiger partial charge in [-0.3, -0.25) is 4.79 Å². The van der Waals surface area contributed by atoms with Crippen LogP contribution >= 0.6 is 0 Å². The van der Waals surface area contributed by atoms with Gasteiger partial charge in [-0.25, -0.2) is 9.59 Å². The van der Waals surface area contributed by atoms with Crippen LogP contribution in [0.25, 0.3) is 17.2 Å². The fourth-order valence-electron chi connectivity index (χ4n) is 5.97. The first-order valence-electron chi connectivity index (χ1n) is 15.2. The van der Waals surface area contributed by atoms with E-state index in [0.29, 0.717) is 19.6 Å². The Kier molecular flexibility index (Phi) is 8.95. The third-order valence-corrected chi connectivity index (χ3v) is 8.40. The summed E-state index contributed by atoms with van der Waals surface area (Å²) in [5, 5.41) is 13.1. The molecule has 2 unspecified atom stereocenters. The number of piperidine rings is 1. The number of carbonyl (C=O) groups is 3. The number of nitrogens with zero attached hydrogens (tertiary/aromatic N) is 3. The molecule has 1 aliphatic carbocycles. The first-order chi connectivity index (χ1) is 20.9. The van der Waals surface area contributed by atoms with Gasteiger partial charge in [0.05, 0.1) is 11.3 Å². The number of ether oxygens (including phenoxy) is 1. The normalized spacial score (nSPS) is 18.8. The summed E-state index contributed by atoms with van der Waals surface area (Å²) in [7, 11) is 0. The summed E-state index contributed by atoms with van der Waals surface area (Å²) >= 11 is 0. The molecule has 44 heavy (non-hydrogen) atoms. The zero-order chi connectivity index (χ0) is 31.6. The van der Waals surface area contributed by atoms with Crippen molar-refractivity contribution in [3.8, 4) is 11.1 Å². The highest BCUT2D eigenvalue weighted by Gasteiger charge is 2.46. The highest BCUT2D eigenvalue weighted by Crippen LogP contribution is 2.46. The lowest BCUT2D eigenvalue weighted by Gasteiger charge is -2.35. The molecule has 9 heteroatoms. The minimum Gasteiger partial charge on any atom is -0.478 e. The number of carbonyl (C=O) groups excluding carboxylic acids is 2. The Bertz CT molecular complexity index is 1510. The molecular formula is C35H41N3O6. The smallest absolute Gasteiger partial charge is 0.410 e. The Hall–Kier alpha value is -4.40. The number of aromatic carboxylic acids is 1. The molecule has 2 atom stereocenters. The van der Waals surface area contributed by atoms with Gasteiger partial charge in [-0.1, -0.05) is 41.6 Å². The topological polar surface area (TPSA) is 113 Å². The van der Waals surface area contributed by atoms with Gasteiger partial charge in [0.2, 0.25) is 5.91 Å². The van der Waals surface area contributed by atoms with Crippen molar-refractivity contribution in [2.24, 2.45) is 5.92 Å². The molecule has 2 amide bonds. The van der Waals surface area contributed by atoms with Crippen molar-refractivity contribution in [1.29, 1.82) is 0 Å². The van der Waals surface area contributed by atoms with Crippen LogP contribution in [0, 0.1) is 19.8 Å². The second-order valence-electron chi connectivity index (χ2n) is 12.9. The fraction of sp³-hybridized carbons (Fsp3) is 0.429. The number of likely N-dealkylation sites (tertiary alicyclic amines) is 1. The van der Waals surface area contributed by atoms with Gasteiger partial charge in [-0.2, -0.15) is 0 Å². The predicted octanol–water partition coefficient (Wildman–Crippen LogP) is 6.70. The second kappa shape index (κ2) is 12.7. The summed E-state index contributed by atoms with van der Waals surface area (Å²) in [5.41, 5.74) is 4.54. The molecule has 0 bridgehead atoms. The summed E-state index contributed by atoms with van der Waals surface area (Å²) in [5.74, 6) is 0.258. The van der Waals surface area contributed by atoms with Crippen LogP contribution in [-0.2, 0) is 9.53 Å². The Morgan fingerprint density at radius 3 is 2.27 bits per heavy atom. The minimum absolute atomic E-state index is 0.0722. The van der Waals surface area contributed by atoms with Gasteiger partial charge in [0.15, 0.2) is 0 Å². The van der Waals surface area contributed by atoms with Crippen molar-refractivity contribution in [2.45, 2.75) is 71.4 Å². The van der Waals surface area contributed by atoms with E-state index in [1.807, 2.05) is 44.4 Å². The van der Waals surface area contributed by atoms with Crippen LogP contribution in [0.4, 0.5) is 4.79 Å². The number of benzene rings is 2. The monoisotopic (exact) mass is 599 g/mol. The summed E-state index contributed by atoms with van der Waals surface area (Å²) in [6.45, 7) is 11.4. The van der Waals surface area contributed by atoms with Gasteiger partial charge in [-0.05, 0) is 94.7 Å². The van der Waals surface area contributed by atoms with Crippen molar-refractivity contribution in [1.82, 2.24) is 15.0 Å². The molecule has 0 spiro atoms. The van der Waals surface area contributed by atoms with E-state index in [1.165, 1.54) is 23.8 Å². The molecule has 0 radical (unpaired) electrons. The molecular weight excluding hydrogens is 558 g/mol. The molecule has 232 valence electrons. The number of amides is 2. The SMILES string of the molecule is Cc1noc(C)c1-c1ccc(C2CC2N(CC2CCN(C(=O)C=Cc3ccc(C(=O)O)cc3)CC2)C(=O)OC(C)(C)C)cc1. The van der Waals surface area contributed by atoms with Crippen LogP contribution in [0.1, 0.15) is 78.9 Å². The number of hydrogen-bond acceptors (Lipinski definition) is 6. The lowest BCUT2D eigenvalue weighted by Crippen LogP contribution is -2.45. The highest BCUT2D eigenvalue weighted by molar-refractivity contribution is 5.92. The third kappa shape index (κ3) is 7.38. The van der Waals surface area contributed by atoms with Crippen LogP contribution in [0.15, 0.2) is 59.1 Å². The van der Waals surface area contributed by atoms with Gasteiger partial charge in [0.1, 0.15) is 11.4 Å². The van der Waals surface area contributed by atoms with Crippen LogP contribution in [0.5, 0.6) is 0 Å². The maximum atomic E-state index is 13.4. The Morgan fingerprint density at radius 1 is 1.05 bits per heavy atom. The van der Waals surface area contributed by atoms with E-state index >= 15 is 0 Å². The standard InChI is InChI=1S/C35H41N3O6/c1-22-32(23(2)44-36-22)27-13-11-26(12-14-27)29-20-30(29)38(34(42)43-35(3,4)5)21-25-16-18-37(19-17-25)31(39)15-8-24-6-9-28(10-7-24)33(40)41/h6-15,25,29-30H,16-21H2,1-5H3,(H,40,41). The quantitative estimate of drug-likeness (QED) is 0.287. The molecule has 5 rings (SSSR count). The molecule has 1 aliphatic heterocycles. The van der Waals surface area contributed by atoms with Gasteiger partial charge < -0.3 is 24.2 Å². The van der Waals surface area contributed by atoms with E-state index in [2.05, 4.69) is 29.4 Å². The van der Waals surface area contributed by atoms with E-state index in [0.717, 1.165) is 47.4 Å². The summed E-state index contributed by atoms with van der Waals surface area (Å²) < 4.78 is 11.2. The fourth-order valence-corrected chi connectivity index (χ4v) is 5.97. The molecule has 9 nitrogen and oxygen atoms in total. The van der Waals surface area contributed by atoms with E-state index < -0.39 is 11.6 Å². The van der Waals surface area contributed by atoms with E-state index in [9.17, 15) is 14.4 Å². The molecule has 2 aliphatic rings. The van der Waals surface area contributed by atoms with Crippen LogP contribution in [0.3, 0.4) is 0 Å². The molecule has 1 saturated heterocycles. The van der Waals surface area contributed by atoms with Gasteiger partial charge >= 0.3 is 12.1 Å². The van der Waals surface area contributed by atoms with Crippen LogP contribution < -0.4 is 0 Å². The Balaban J connectivity index is 1.19. The number of rotatable bonds is 8. The number of aryl methyl sites for hydroxylation is 2. The minimum atomic E-state index is -0.981. The molecule has 2 aromatic carbocycles. The van der Waals surface area contributed by atoms with Crippen molar-refractivity contribution < 1.29 is 28.8 Å². The number of carboxylic acid groups (broad SMARTS) is 1. The zero-order valence-electron chi connectivity index (χ0n) is 26.1. The molecule has 1 aromatic heterocycles. The van der Waals surface area contributed by atoms with Crippen LogP contribution in [-0.4, -0.2) is 69.3 Å². The number of aromatic nitrogens is 1. The van der Waals surface area contributed by atoms with Crippen molar-refractivity contribution in [3.63, 3.8) is 0 Å². The lowest BCUT2D eigenvalue weighted by molar-refractivity contribution is -0.127. The second-order valence-corrected chi connectivity index (χ2v) is 12.9. The molecule has 2 heterocycles. The van der Waals surface area contributed by atoms with E-state index in [4.69, 9.17) is 14.4 Å². The Morgan fingerprint density at radius 2 is 1.70 bits per heavy atom. The average molecular weight is 600 g/mol. The molecule has 2 fully saturated rings. The zero-order valence-corrected chi connectivity index (χ0v) is 26.1. The van der Waals surface area contributed by atoms with E-state index in [-0.39, 0.29) is 35.4 Å². The maximum absolute atomic E-state index is 13.4. The van der Waals surface area contributed by atoms with Gasteiger partial charge in [0, 0.05) is 43.2 Å². The predicted molar refractivity (Wildman–Crippen MR) is 167 cm³/mol. The highest BCUT2D eigenvalue weighted by atomic mass is 16.6. The van der Waals surface area contributed by atoms with Crippen molar-refractivity contribution in [2.75, 3.05) is 19.6 Å².